The van der Waals surface area contributed by atoms with Crippen molar-refractivity contribution < 1.29 is 48.1 Å². The predicted molar refractivity (Wildman–Crippen MR) is 102 cm³/mol. The van der Waals surface area contributed by atoms with E-state index in [0.717, 1.165) is 24.8 Å². The number of hydrogen-bond acceptors (Lipinski definition) is 7. The summed E-state index contributed by atoms with van der Waals surface area (Å²) in [5, 5.41) is -0.196. The van der Waals surface area contributed by atoms with Gasteiger partial charge in [0.15, 0.2) is 5.16 Å². The molecule has 0 amide bonds. The molecule has 1 aromatic heterocycles. The van der Waals surface area contributed by atoms with Crippen LogP contribution in [0.25, 0.3) is 0 Å². The quantitative estimate of drug-likeness (QED) is 0.184. The van der Waals surface area contributed by atoms with Crippen LogP contribution in [0.4, 0.5) is 30.7 Å². The highest BCUT2D eigenvalue weighted by Gasteiger charge is 2.49. The fraction of sp³-hybridized carbons (Fsp3) is 0.444. The number of halogens is 7. The Morgan fingerprint density at radius 1 is 1.12 bits per heavy atom. The number of alkyl halides is 6. The summed E-state index contributed by atoms with van der Waals surface area (Å²) in [5.41, 5.74) is -8.45. The van der Waals surface area contributed by atoms with Crippen LogP contribution in [0.2, 0.25) is 0 Å². The van der Waals surface area contributed by atoms with Gasteiger partial charge >= 0.3 is 21.8 Å². The smallest absolute Gasteiger partial charge is 0.368 e. The third kappa shape index (κ3) is 4.89. The lowest BCUT2D eigenvalue weighted by molar-refractivity contribution is -0.140. The van der Waals surface area contributed by atoms with Crippen LogP contribution in [0.15, 0.2) is 11.2 Å². The highest BCUT2D eigenvalue weighted by Crippen LogP contribution is 2.44. The SMILES string of the molecule is CSc1nc2c(c(OS(=O)(=O)C(F)(F)F)n1)CO[C@@H](c1c(F)c(C)cc(C)c1C(F)(F)F)C2. The molecule has 0 saturated heterocycles. The Labute approximate surface area is 187 Å². The maximum Gasteiger partial charge on any atom is 0.534 e. The lowest BCUT2D eigenvalue weighted by atomic mass is 9.90. The van der Waals surface area contributed by atoms with Crippen LogP contribution in [0.3, 0.4) is 0 Å². The fourth-order valence-corrected chi connectivity index (χ4v) is 4.20. The summed E-state index contributed by atoms with van der Waals surface area (Å²) in [5.74, 6) is -2.10. The lowest BCUT2D eigenvalue weighted by Crippen LogP contribution is -2.30. The number of benzene rings is 1. The third-order valence-electron chi connectivity index (χ3n) is 4.78. The molecule has 0 radical (unpaired) electrons. The number of nitrogens with zero attached hydrogens (tertiary/aromatic N) is 2. The summed E-state index contributed by atoms with van der Waals surface area (Å²) in [4.78, 5) is 7.66. The summed E-state index contributed by atoms with van der Waals surface area (Å²) in [6, 6.07) is 1.04. The Morgan fingerprint density at radius 3 is 2.30 bits per heavy atom. The minimum Gasteiger partial charge on any atom is -0.368 e. The second kappa shape index (κ2) is 8.58. The van der Waals surface area contributed by atoms with Crippen molar-refractivity contribution in [3.63, 3.8) is 0 Å². The van der Waals surface area contributed by atoms with Crippen molar-refractivity contribution in [2.75, 3.05) is 6.26 Å². The molecule has 1 atom stereocenters. The van der Waals surface area contributed by atoms with E-state index in [1.165, 1.54) is 13.2 Å². The van der Waals surface area contributed by atoms with Gasteiger partial charge in [0.1, 0.15) is 5.82 Å². The van der Waals surface area contributed by atoms with Crippen LogP contribution in [-0.4, -0.2) is 30.1 Å². The van der Waals surface area contributed by atoms with E-state index < -0.39 is 63.8 Å². The third-order valence-corrected chi connectivity index (χ3v) is 6.27. The minimum absolute atomic E-state index is 0.0577. The van der Waals surface area contributed by atoms with Gasteiger partial charge in [-0.3, -0.25) is 0 Å². The highest BCUT2D eigenvalue weighted by atomic mass is 32.2. The van der Waals surface area contributed by atoms with Gasteiger partial charge in [-0.1, -0.05) is 17.8 Å². The van der Waals surface area contributed by atoms with Gasteiger partial charge in [-0.05, 0) is 31.2 Å². The Hall–Kier alpha value is -2.13. The lowest BCUT2D eigenvalue weighted by Gasteiger charge is -2.29. The molecule has 2 aromatic rings. The van der Waals surface area contributed by atoms with Gasteiger partial charge in [0, 0.05) is 12.0 Å². The number of ether oxygens (including phenoxy) is 1. The largest absolute Gasteiger partial charge is 0.534 e. The van der Waals surface area contributed by atoms with Crippen LogP contribution >= 0.6 is 11.8 Å². The highest BCUT2D eigenvalue weighted by molar-refractivity contribution is 7.98. The molecule has 1 aromatic carbocycles. The van der Waals surface area contributed by atoms with Gasteiger partial charge in [-0.2, -0.15) is 39.7 Å². The Balaban J connectivity index is 2.12. The molecule has 0 spiro atoms. The van der Waals surface area contributed by atoms with Crippen molar-refractivity contribution >= 4 is 21.9 Å². The molecule has 0 N–H and O–H groups in total. The molecule has 0 fully saturated rings. The zero-order valence-electron chi connectivity index (χ0n) is 17.1. The zero-order chi connectivity index (χ0) is 24.9. The average Bonchev–Trinajstić information content (AvgIpc) is 2.67. The van der Waals surface area contributed by atoms with E-state index in [1.54, 1.807) is 0 Å². The maximum atomic E-state index is 14.9. The summed E-state index contributed by atoms with van der Waals surface area (Å²) in [7, 11) is -6.08. The summed E-state index contributed by atoms with van der Waals surface area (Å²) < 4.78 is 127. The molecular formula is C18H15F7N2O4S2. The molecular weight excluding hydrogens is 505 g/mol. The molecule has 15 heteroatoms. The van der Waals surface area contributed by atoms with Crippen molar-refractivity contribution in [2.45, 2.75) is 49.8 Å². The Morgan fingerprint density at radius 2 is 1.76 bits per heavy atom. The molecule has 3 rings (SSSR count). The zero-order valence-corrected chi connectivity index (χ0v) is 18.7. The first-order valence-corrected chi connectivity index (χ1v) is 11.6. The van der Waals surface area contributed by atoms with E-state index >= 15 is 0 Å². The Kier molecular flexibility index (Phi) is 6.63. The second-order valence-electron chi connectivity index (χ2n) is 7.04. The van der Waals surface area contributed by atoms with Gasteiger partial charge in [0.05, 0.1) is 29.5 Å². The van der Waals surface area contributed by atoms with E-state index in [0.29, 0.717) is 0 Å². The van der Waals surface area contributed by atoms with Gasteiger partial charge < -0.3 is 8.92 Å². The van der Waals surface area contributed by atoms with Gasteiger partial charge in [0.2, 0.25) is 5.88 Å². The first-order valence-electron chi connectivity index (χ1n) is 8.99. The van der Waals surface area contributed by atoms with E-state index in [-0.39, 0.29) is 27.5 Å². The first kappa shape index (κ1) is 25.5. The predicted octanol–water partition coefficient (Wildman–Crippen LogP) is 5.02. The van der Waals surface area contributed by atoms with E-state index in [4.69, 9.17) is 4.74 Å². The van der Waals surface area contributed by atoms with E-state index in [1.807, 2.05) is 0 Å². The standard InChI is InChI=1S/C18H15F7N2O4S2/c1-7-4-8(2)14(19)12(13(7)17(20,21)22)11-5-10-9(6-30-11)15(27-16(26-10)32-3)31-33(28,29)18(23,24)25/h4,11H,5-6H2,1-3H3/t11-/m1/s1. The molecule has 0 saturated carbocycles. The summed E-state index contributed by atoms with van der Waals surface area (Å²) in [6.07, 6.45) is -5.46. The molecule has 33 heavy (non-hydrogen) atoms. The second-order valence-corrected chi connectivity index (χ2v) is 9.35. The van der Waals surface area contributed by atoms with Crippen LogP contribution in [0, 0.1) is 19.7 Å². The first-order chi connectivity index (χ1) is 15.1. The number of aromatic nitrogens is 2. The van der Waals surface area contributed by atoms with Crippen molar-refractivity contribution in [2.24, 2.45) is 0 Å². The van der Waals surface area contributed by atoms with E-state index in [9.17, 15) is 39.2 Å². The van der Waals surface area contributed by atoms with Crippen molar-refractivity contribution in [3.8, 4) is 5.88 Å². The monoisotopic (exact) mass is 520 g/mol. The van der Waals surface area contributed by atoms with Crippen molar-refractivity contribution in [3.05, 3.63) is 45.4 Å². The number of hydrogen-bond donors (Lipinski definition) is 0. The molecule has 0 aliphatic carbocycles. The van der Waals surface area contributed by atoms with Gasteiger partial charge in [-0.25, -0.2) is 9.37 Å². The normalized spacial score (nSPS) is 17.1. The fourth-order valence-electron chi connectivity index (χ4n) is 3.39. The van der Waals surface area contributed by atoms with Crippen LogP contribution in [0.5, 0.6) is 5.88 Å². The number of fused-ring (bicyclic) bond motifs is 1. The molecule has 1 aliphatic rings. The number of aryl methyl sites for hydroxylation is 2. The van der Waals surface area contributed by atoms with E-state index in [2.05, 4.69) is 14.2 Å². The van der Waals surface area contributed by atoms with Crippen LogP contribution in [0.1, 0.15) is 39.6 Å². The Bertz CT molecular complexity index is 1200. The number of thioether (sulfide) groups is 1. The average molecular weight is 520 g/mol. The van der Waals surface area contributed by atoms with Crippen molar-refractivity contribution in [1.29, 1.82) is 0 Å². The topological polar surface area (TPSA) is 78.4 Å². The summed E-state index contributed by atoms with van der Waals surface area (Å²) >= 11 is 0.829. The van der Waals surface area contributed by atoms with Gasteiger partial charge in [-0.15, -0.1) is 0 Å². The maximum absolute atomic E-state index is 14.9. The molecule has 1 aliphatic heterocycles. The molecule has 6 nitrogen and oxygen atoms in total. The minimum atomic E-state index is -6.08. The molecule has 0 unspecified atom stereocenters. The molecule has 0 bridgehead atoms. The molecule has 2 heterocycles. The van der Waals surface area contributed by atoms with Gasteiger partial charge in [0.25, 0.3) is 0 Å². The molecule has 182 valence electrons. The van der Waals surface area contributed by atoms with Crippen molar-refractivity contribution in [1.82, 2.24) is 9.97 Å². The summed E-state index contributed by atoms with van der Waals surface area (Å²) in [6.45, 7) is 1.74. The van der Waals surface area contributed by atoms with Crippen LogP contribution in [-0.2, 0) is 34.1 Å². The van der Waals surface area contributed by atoms with Crippen LogP contribution < -0.4 is 4.18 Å². The number of rotatable bonds is 4.